The number of aromatic nitrogens is 2. The molecular weight excluding hydrogens is 154 g/mol. The van der Waals surface area contributed by atoms with Gasteiger partial charge in [0.2, 0.25) is 5.91 Å². The third-order valence-electron chi connectivity index (χ3n) is 0.791. The molecule has 0 fully saturated rings. The second kappa shape index (κ2) is 3.90. The number of hydrogen-bond acceptors (Lipinski definition) is 2. The van der Waals surface area contributed by atoms with E-state index in [0.29, 0.717) is 0 Å². The highest BCUT2D eigenvalue weighted by Gasteiger charge is 1.88. The summed E-state index contributed by atoms with van der Waals surface area (Å²) < 4.78 is 1.49. The van der Waals surface area contributed by atoms with Gasteiger partial charge >= 0.3 is 0 Å². The number of nitrogens with zero attached hydrogens (tertiary/aromatic N) is 2. The fourth-order valence-electron chi connectivity index (χ4n) is 0.507. The minimum absolute atomic E-state index is 0. The van der Waals surface area contributed by atoms with Crippen LogP contribution in [-0.4, -0.2) is 15.6 Å². The molecule has 0 unspecified atom stereocenters. The Morgan fingerprint density at radius 3 is 2.80 bits per heavy atom. The predicted molar refractivity (Wildman–Crippen MR) is 39.5 cm³/mol. The molecule has 0 aliphatic rings. The van der Waals surface area contributed by atoms with Gasteiger partial charge in [-0.1, -0.05) is 0 Å². The van der Waals surface area contributed by atoms with Gasteiger partial charge < -0.3 is 0 Å². The number of imidazole rings is 1. The van der Waals surface area contributed by atoms with Gasteiger partial charge in [0.15, 0.2) is 0 Å². The van der Waals surface area contributed by atoms with Crippen LogP contribution in [0.3, 0.4) is 0 Å². The van der Waals surface area contributed by atoms with E-state index in [1.54, 1.807) is 12.4 Å². The summed E-state index contributed by atoms with van der Waals surface area (Å²) in [5.41, 5.74) is 2.50. The first-order valence-corrected chi connectivity index (χ1v) is 2.54. The van der Waals surface area contributed by atoms with Crippen LogP contribution in [0.1, 0.15) is 6.92 Å². The number of halogens is 1. The van der Waals surface area contributed by atoms with E-state index in [1.165, 1.54) is 17.9 Å². The van der Waals surface area contributed by atoms with Crippen LogP contribution in [0, 0.1) is 0 Å². The summed E-state index contributed by atoms with van der Waals surface area (Å²) >= 11 is 0. The Labute approximate surface area is 64.6 Å². The fourth-order valence-corrected chi connectivity index (χ4v) is 0.507. The third kappa shape index (κ3) is 2.50. The average Bonchev–Trinajstić information content (AvgIpc) is 2.15. The van der Waals surface area contributed by atoms with Crippen LogP contribution in [0.25, 0.3) is 0 Å². The van der Waals surface area contributed by atoms with Crippen molar-refractivity contribution in [3.05, 3.63) is 18.7 Å². The Kier molecular flexibility index (Phi) is 3.49. The zero-order valence-electron chi connectivity index (χ0n) is 5.44. The summed E-state index contributed by atoms with van der Waals surface area (Å²) in [7, 11) is 0. The van der Waals surface area contributed by atoms with Crippen molar-refractivity contribution in [1.82, 2.24) is 9.66 Å². The Morgan fingerprint density at radius 1 is 1.70 bits per heavy atom. The van der Waals surface area contributed by atoms with Crippen LogP contribution < -0.4 is 5.43 Å². The predicted octanol–water partition coefficient (Wildman–Crippen LogP) is 0.395. The lowest BCUT2D eigenvalue weighted by Crippen LogP contribution is -2.17. The van der Waals surface area contributed by atoms with Gasteiger partial charge in [0, 0.05) is 19.3 Å². The van der Waals surface area contributed by atoms with Crippen molar-refractivity contribution in [2.75, 3.05) is 5.43 Å². The van der Waals surface area contributed by atoms with E-state index < -0.39 is 0 Å². The van der Waals surface area contributed by atoms with Gasteiger partial charge in [0.25, 0.3) is 0 Å². The van der Waals surface area contributed by atoms with Crippen molar-refractivity contribution in [1.29, 1.82) is 0 Å². The second-order valence-corrected chi connectivity index (χ2v) is 1.64. The van der Waals surface area contributed by atoms with Gasteiger partial charge in [-0.15, -0.1) is 12.4 Å². The topological polar surface area (TPSA) is 46.9 Å². The lowest BCUT2D eigenvalue weighted by molar-refractivity contribution is -0.115. The highest BCUT2D eigenvalue weighted by molar-refractivity contribution is 5.85. The van der Waals surface area contributed by atoms with Crippen molar-refractivity contribution in [3.63, 3.8) is 0 Å². The Hall–Kier alpha value is -1.03. The minimum atomic E-state index is -0.104. The maximum Gasteiger partial charge on any atom is 0.235 e. The first-order chi connectivity index (χ1) is 4.29. The first-order valence-electron chi connectivity index (χ1n) is 2.54. The molecule has 1 rings (SSSR count). The molecule has 5 heteroatoms. The molecule has 10 heavy (non-hydrogen) atoms. The smallest absolute Gasteiger partial charge is 0.235 e. The second-order valence-electron chi connectivity index (χ2n) is 1.64. The standard InChI is InChI=1S/C5H7N3O.ClH/c1-5(9)7-8-3-2-6-4-8;/h2-4H,1H3,(H,7,9);1H. The summed E-state index contributed by atoms with van der Waals surface area (Å²) in [6.07, 6.45) is 4.76. The van der Waals surface area contributed by atoms with Crippen molar-refractivity contribution in [2.45, 2.75) is 6.92 Å². The van der Waals surface area contributed by atoms with E-state index in [2.05, 4.69) is 10.4 Å². The summed E-state index contributed by atoms with van der Waals surface area (Å²) in [5, 5.41) is 0. The molecule has 0 spiro atoms. The molecule has 0 saturated carbocycles. The highest BCUT2D eigenvalue weighted by atomic mass is 35.5. The van der Waals surface area contributed by atoms with Crippen molar-refractivity contribution in [3.8, 4) is 0 Å². The molecule has 4 nitrogen and oxygen atoms in total. The van der Waals surface area contributed by atoms with Gasteiger partial charge in [-0.25, -0.2) is 9.66 Å². The van der Waals surface area contributed by atoms with E-state index in [-0.39, 0.29) is 18.3 Å². The van der Waals surface area contributed by atoms with Gasteiger partial charge in [0.05, 0.1) is 0 Å². The molecule has 1 N–H and O–H groups in total. The molecule has 0 radical (unpaired) electrons. The largest absolute Gasteiger partial charge is 0.274 e. The van der Waals surface area contributed by atoms with E-state index in [9.17, 15) is 4.79 Å². The molecular formula is C5H8ClN3O. The van der Waals surface area contributed by atoms with E-state index >= 15 is 0 Å². The Bertz CT molecular complexity index is 197. The number of nitrogens with one attached hydrogen (secondary N) is 1. The normalized spacial score (nSPS) is 8.10. The van der Waals surface area contributed by atoms with Gasteiger partial charge in [0.1, 0.15) is 6.33 Å². The van der Waals surface area contributed by atoms with Crippen molar-refractivity contribution < 1.29 is 4.79 Å². The number of carbonyl (C=O) groups is 1. The van der Waals surface area contributed by atoms with Gasteiger partial charge in [-0.3, -0.25) is 10.2 Å². The molecule has 0 aliphatic heterocycles. The monoisotopic (exact) mass is 161 g/mol. The number of carbonyl (C=O) groups excluding carboxylic acids is 1. The maximum absolute atomic E-state index is 10.4. The molecule has 1 aromatic heterocycles. The molecule has 0 bridgehead atoms. The van der Waals surface area contributed by atoms with E-state index in [0.717, 1.165) is 0 Å². The quantitative estimate of drug-likeness (QED) is 0.648. The zero-order chi connectivity index (χ0) is 6.69. The number of rotatable bonds is 1. The van der Waals surface area contributed by atoms with Crippen LogP contribution in [0.2, 0.25) is 0 Å². The SMILES string of the molecule is CC(=O)Nn1ccnc1.Cl. The van der Waals surface area contributed by atoms with E-state index in [1.807, 2.05) is 0 Å². The fraction of sp³-hybridized carbons (Fsp3) is 0.200. The lowest BCUT2D eigenvalue weighted by atomic mass is 10.8. The van der Waals surface area contributed by atoms with Crippen LogP contribution in [0.4, 0.5) is 0 Å². The molecule has 0 aromatic carbocycles. The number of amides is 1. The van der Waals surface area contributed by atoms with Crippen LogP contribution in [-0.2, 0) is 4.79 Å². The van der Waals surface area contributed by atoms with Crippen molar-refractivity contribution >= 4 is 18.3 Å². The Balaban J connectivity index is 0.000000810. The zero-order valence-corrected chi connectivity index (χ0v) is 6.26. The van der Waals surface area contributed by atoms with Crippen LogP contribution >= 0.6 is 12.4 Å². The molecule has 0 atom stereocenters. The lowest BCUT2D eigenvalue weighted by Gasteiger charge is -1.98. The molecule has 1 amide bonds. The molecule has 56 valence electrons. The Morgan fingerprint density at radius 2 is 2.40 bits per heavy atom. The molecule has 0 saturated heterocycles. The molecule has 0 aliphatic carbocycles. The van der Waals surface area contributed by atoms with Crippen LogP contribution in [0.15, 0.2) is 18.7 Å². The summed E-state index contributed by atoms with van der Waals surface area (Å²) in [6.45, 7) is 1.44. The summed E-state index contributed by atoms with van der Waals surface area (Å²) in [5.74, 6) is -0.104. The first kappa shape index (κ1) is 8.97. The minimum Gasteiger partial charge on any atom is -0.274 e. The average molecular weight is 162 g/mol. The number of hydrogen-bond donors (Lipinski definition) is 1. The van der Waals surface area contributed by atoms with Gasteiger partial charge in [-0.05, 0) is 0 Å². The molecule has 1 aromatic rings. The summed E-state index contributed by atoms with van der Waals surface area (Å²) in [6, 6.07) is 0. The maximum atomic E-state index is 10.4. The van der Waals surface area contributed by atoms with Gasteiger partial charge in [-0.2, -0.15) is 0 Å². The summed E-state index contributed by atoms with van der Waals surface area (Å²) in [4.78, 5) is 14.1. The molecule has 1 heterocycles. The van der Waals surface area contributed by atoms with E-state index in [4.69, 9.17) is 0 Å². The highest BCUT2D eigenvalue weighted by Crippen LogP contribution is 1.78. The van der Waals surface area contributed by atoms with Crippen molar-refractivity contribution in [2.24, 2.45) is 0 Å². The van der Waals surface area contributed by atoms with Crippen LogP contribution in [0.5, 0.6) is 0 Å². The third-order valence-corrected chi connectivity index (χ3v) is 0.791.